The second-order valence-electron chi connectivity index (χ2n) is 5.46. The lowest BCUT2D eigenvalue weighted by molar-refractivity contribution is 0.215. The van der Waals surface area contributed by atoms with Crippen molar-refractivity contribution in [3.05, 3.63) is 28.5 Å². The van der Waals surface area contributed by atoms with Crippen molar-refractivity contribution >= 4 is 26.0 Å². The Hall–Kier alpha value is -0.500. The van der Waals surface area contributed by atoms with E-state index >= 15 is 0 Å². The summed E-state index contributed by atoms with van der Waals surface area (Å²) in [6.45, 7) is 4.54. The molecule has 0 radical (unpaired) electrons. The summed E-state index contributed by atoms with van der Waals surface area (Å²) in [5.74, 6) is -0.582. The number of benzene rings is 1. The molecule has 0 saturated carbocycles. The predicted octanol–water partition coefficient (Wildman–Crippen LogP) is 2.74. The quantitative estimate of drug-likeness (QED) is 0.856. The summed E-state index contributed by atoms with van der Waals surface area (Å²) in [7, 11) is -3.69. The molecule has 0 aliphatic carbocycles. The standard InChI is InChI=1S/C14H20BrFN2O2S/c1-11(10-18-7-3-2-4-8-18)17-21(19,20)12-5-6-13(15)14(16)9-12/h5-6,9,11,17H,2-4,7-8,10H2,1H3. The third-order valence-corrected chi connectivity index (χ3v) is 5.77. The van der Waals surface area contributed by atoms with Crippen LogP contribution in [0, 0.1) is 5.82 Å². The zero-order chi connectivity index (χ0) is 15.5. The number of sulfonamides is 1. The first-order chi connectivity index (χ1) is 9.88. The molecular formula is C14H20BrFN2O2S. The van der Waals surface area contributed by atoms with Gasteiger partial charge in [0.2, 0.25) is 10.0 Å². The summed E-state index contributed by atoms with van der Waals surface area (Å²) in [6.07, 6.45) is 3.57. The number of likely N-dealkylation sites (tertiary alicyclic amines) is 1. The molecule has 1 aromatic rings. The normalized spacial score (nSPS) is 18.6. The van der Waals surface area contributed by atoms with E-state index in [0.29, 0.717) is 6.54 Å². The minimum absolute atomic E-state index is 0.0475. The molecule has 1 atom stereocenters. The zero-order valence-electron chi connectivity index (χ0n) is 12.0. The third-order valence-electron chi connectivity index (χ3n) is 3.54. The summed E-state index contributed by atoms with van der Waals surface area (Å²) < 4.78 is 40.8. The number of piperidine rings is 1. The van der Waals surface area contributed by atoms with E-state index in [2.05, 4.69) is 25.6 Å². The van der Waals surface area contributed by atoms with Crippen molar-refractivity contribution in [3.63, 3.8) is 0 Å². The Balaban J connectivity index is 2.00. The van der Waals surface area contributed by atoms with Gasteiger partial charge in [-0.25, -0.2) is 17.5 Å². The van der Waals surface area contributed by atoms with Gasteiger partial charge in [0.15, 0.2) is 0 Å². The van der Waals surface area contributed by atoms with Gasteiger partial charge in [0, 0.05) is 12.6 Å². The maximum absolute atomic E-state index is 13.5. The number of nitrogens with one attached hydrogen (secondary N) is 1. The van der Waals surface area contributed by atoms with E-state index in [1.807, 2.05) is 6.92 Å². The Morgan fingerprint density at radius 1 is 1.33 bits per heavy atom. The van der Waals surface area contributed by atoms with Crippen molar-refractivity contribution < 1.29 is 12.8 Å². The maximum Gasteiger partial charge on any atom is 0.240 e. The molecular weight excluding hydrogens is 359 g/mol. The summed E-state index contributed by atoms with van der Waals surface area (Å²) in [5.41, 5.74) is 0. The molecule has 1 saturated heterocycles. The van der Waals surface area contributed by atoms with Gasteiger partial charge in [-0.15, -0.1) is 0 Å². The lowest BCUT2D eigenvalue weighted by Crippen LogP contribution is -2.43. The average Bonchev–Trinajstić information content (AvgIpc) is 2.42. The average molecular weight is 379 g/mol. The van der Waals surface area contributed by atoms with Crippen LogP contribution < -0.4 is 4.72 Å². The van der Waals surface area contributed by atoms with Gasteiger partial charge in [-0.1, -0.05) is 6.42 Å². The van der Waals surface area contributed by atoms with Crippen LogP contribution in [0.5, 0.6) is 0 Å². The molecule has 21 heavy (non-hydrogen) atoms. The van der Waals surface area contributed by atoms with Crippen molar-refractivity contribution in [3.8, 4) is 0 Å². The van der Waals surface area contributed by atoms with Gasteiger partial charge in [-0.2, -0.15) is 0 Å². The second kappa shape index (κ2) is 7.17. The Morgan fingerprint density at radius 2 is 2.00 bits per heavy atom. The highest BCUT2D eigenvalue weighted by molar-refractivity contribution is 9.10. The molecule has 1 fully saturated rings. The fourth-order valence-electron chi connectivity index (χ4n) is 2.54. The molecule has 1 N–H and O–H groups in total. The number of hydrogen-bond donors (Lipinski definition) is 1. The van der Waals surface area contributed by atoms with E-state index in [1.54, 1.807) is 0 Å². The predicted molar refractivity (Wildman–Crippen MR) is 84.2 cm³/mol. The summed E-state index contributed by atoms with van der Waals surface area (Å²) in [4.78, 5) is 2.22. The Labute approximate surface area is 133 Å². The van der Waals surface area contributed by atoms with Gasteiger partial charge < -0.3 is 4.90 Å². The van der Waals surface area contributed by atoms with Gasteiger partial charge in [0.05, 0.1) is 9.37 Å². The zero-order valence-corrected chi connectivity index (χ0v) is 14.4. The van der Waals surface area contributed by atoms with Crippen molar-refractivity contribution in [2.75, 3.05) is 19.6 Å². The van der Waals surface area contributed by atoms with Crippen LogP contribution in [-0.4, -0.2) is 39.0 Å². The van der Waals surface area contributed by atoms with Crippen molar-refractivity contribution in [2.45, 2.75) is 37.1 Å². The Morgan fingerprint density at radius 3 is 2.62 bits per heavy atom. The highest BCUT2D eigenvalue weighted by Gasteiger charge is 2.21. The van der Waals surface area contributed by atoms with Crippen LogP contribution in [0.3, 0.4) is 0 Å². The lowest BCUT2D eigenvalue weighted by Gasteiger charge is -2.29. The lowest BCUT2D eigenvalue weighted by atomic mass is 10.1. The minimum Gasteiger partial charge on any atom is -0.302 e. The Bertz CT molecular complexity index is 589. The molecule has 0 spiro atoms. The summed E-state index contributed by atoms with van der Waals surface area (Å²) in [6, 6.07) is 3.61. The summed E-state index contributed by atoms with van der Waals surface area (Å²) in [5, 5.41) is 0. The van der Waals surface area contributed by atoms with Gasteiger partial charge in [0.25, 0.3) is 0 Å². The minimum atomic E-state index is -3.69. The van der Waals surface area contributed by atoms with Crippen LogP contribution >= 0.6 is 15.9 Å². The molecule has 0 aromatic heterocycles. The fraction of sp³-hybridized carbons (Fsp3) is 0.571. The number of rotatable bonds is 5. The smallest absolute Gasteiger partial charge is 0.240 e. The fourth-order valence-corrected chi connectivity index (χ4v) is 4.04. The molecule has 1 heterocycles. The van der Waals surface area contributed by atoms with E-state index in [4.69, 9.17) is 0 Å². The molecule has 1 aliphatic rings. The molecule has 1 aromatic carbocycles. The maximum atomic E-state index is 13.5. The van der Waals surface area contributed by atoms with Gasteiger partial charge >= 0.3 is 0 Å². The molecule has 0 amide bonds. The molecule has 1 unspecified atom stereocenters. The molecule has 2 rings (SSSR count). The second-order valence-corrected chi connectivity index (χ2v) is 8.03. The SMILES string of the molecule is CC(CN1CCCCC1)NS(=O)(=O)c1ccc(Br)c(F)c1. The van der Waals surface area contributed by atoms with Crippen molar-refractivity contribution in [2.24, 2.45) is 0 Å². The van der Waals surface area contributed by atoms with Crippen LogP contribution in [0.15, 0.2) is 27.6 Å². The number of halogens is 2. The van der Waals surface area contributed by atoms with E-state index < -0.39 is 15.8 Å². The van der Waals surface area contributed by atoms with Crippen molar-refractivity contribution in [1.29, 1.82) is 0 Å². The molecule has 118 valence electrons. The van der Waals surface area contributed by atoms with Gasteiger partial charge in [-0.3, -0.25) is 0 Å². The monoisotopic (exact) mass is 378 g/mol. The molecule has 0 bridgehead atoms. The summed E-state index contributed by atoms with van der Waals surface area (Å²) >= 11 is 3.02. The highest BCUT2D eigenvalue weighted by atomic mass is 79.9. The van der Waals surface area contributed by atoms with Crippen LogP contribution in [0.1, 0.15) is 26.2 Å². The van der Waals surface area contributed by atoms with Gasteiger partial charge in [0.1, 0.15) is 5.82 Å². The van der Waals surface area contributed by atoms with E-state index in [-0.39, 0.29) is 15.4 Å². The first-order valence-corrected chi connectivity index (χ1v) is 9.36. The van der Waals surface area contributed by atoms with Crippen LogP contribution in [0.25, 0.3) is 0 Å². The van der Waals surface area contributed by atoms with Crippen LogP contribution in [0.2, 0.25) is 0 Å². The first kappa shape index (κ1) is 16.9. The number of hydrogen-bond acceptors (Lipinski definition) is 3. The van der Waals surface area contributed by atoms with E-state index in [1.165, 1.54) is 18.6 Å². The van der Waals surface area contributed by atoms with E-state index in [0.717, 1.165) is 32.0 Å². The van der Waals surface area contributed by atoms with Crippen LogP contribution in [-0.2, 0) is 10.0 Å². The number of nitrogens with zero attached hydrogens (tertiary/aromatic N) is 1. The van der Waals surface area contributed by atoms with Crippen LogP contribution in [0.4, 0.5) is 4.39 Å². The third kappa shape index (κ3) is 4.74. The van der Waals surface area contributed by atoms with Crippen molar-refractivity contribution in [1.82, 2.24) is 9.62 Å². The largest absolute Gasteiger partial charge is 0.302 e. The topological polar surface area (TPSA) is 49.4 Å². The molecule has 7 heteroatoms. The Kier molecular flexibility index (Phi) is 5.76. The molecule has 1 aliphatic heterocycles. The van der Waals surface area contributed by atoms with E-state index in [9.17, 15) is 12.8 Å². The van der Waals surface area contributed by atoms with Gasteiger partial charge in [-0.05, 0) is 67.0 Å². The molecule has 4 nitrogen and oxygen atoms in total. The highest BCUT2D eigenvalue weighted by Crippen LogP contribution is 2.19. The first-order valence-electron chi connectivity index (χ1n) is 7.08.